The molecule has 0 saturated carbocycles. The van der Waals surface area contributed by atoms with E-state index < -0.39 is 5.91 Å². The molecule has 180 valence electrons. The number of primary amides is 1. The highest BCUT2D eigenvalue weighted by molar-refractivity contribution is 6.04. The number of imidazole rings is 1. The van der Waals surface area contributed by atoms with Gasteiger partial charge in [0.05, 0.1) is 11.1 Å². The summed E-state index contributed by atoms with van der Waals surface area (Å²) in [5, 5.41) is 0. The summed E-state index contributed by atoms with van der Waals surface area (Å²) in [6.45, 7) is 1.77. The van der Waals surface area contributed by atoms with Crippen molar-refractivity contribution in [1.29, 1.82) is 0 Å². The third-order valence-electron chi connectivity index (χ3n) is 5.70. The van der Waals surface area contributed by atoms with Gasteiger partial charge in [0.1, 0.15) is 11.3 Å². The molecule has 5 aromatic rings. The minimum Gasteiger partial charge on any atom is -0.366 e. The molecule has 0 atom stereocenters. The van der Waals surface area contributed by atoms with Crippen LogP contribution >= 0.6 is 24.8 Å². The fourth-order valence-corrected chi connectivity index (χ4v) is 4.14. The van der Waals surface area contributed by atoms with Crippen LogP contribution in [0.1, 0.15) is 21.5 Å². The van der Waals surface area contributed by atoms with Crippen molar-refractivity contribution >= 4 is 41.8 Å². The van der Waals surface area contributed by atoms with E-state index in [2.05, 4.69) is 81.3 Å². The van der Waals surface area contributed by atoms with E-state index in [1.54, 1.807) is 12.1 Å². The summed E-state index contributed by atoms with van der Waals surface area (Å²) in [7, 11) is 2.13. The van der Waals surface area contributed by atoms with Crippen LogP contribution in [0.4, 0.5) is 0 Å². The standard InChI is InChI=1S/C27H25N5O.2ClH/c1-31(16-19-7-3-2-4-8-19)17-20-13-14-32(18-20)22-10-5-9-21(15-22)27-29-24-12-6-11-23(26(28)33)25(24)30-27;;/h2-15,18H,16-17H2,1H3,(H2,28,33)(H,29,30);2*1H. The second-order valence-corrected chi connectivity index (χ2v) is 8.29. The fourth-order valence-electron chi connectivity index (χ4n) is 4.14. The van der Waals surface area contributed by atoms with Crippen molar-refractivity contribution in [2.24, 2.45) is 5.73 Å². The van der Waals surface area contributed by atoms with Crippen LogP contribution in [0.2, 0.25) is 0 Å². The van der Waals surface area contributed by atoms with Gasteiger partial charge in [-0.15, -0.1) is 24.8 Å². The zero-order valence-corrected chi connectivity index (χ0v) is 20.9. The number of hydrogen-bond donors (Lipinski definition) is 2. The molecule has 2 heterocycles. The number of amides is 1. The van der Waals surface area contributed by atoms with Crippen molar-refractivity contribution in [3.63, 3.8) is 0 Å². The van der Waals surface area contributed by atoms with E-state index in [0.717, 1.165) is 29.9 Å². The maximum Gasteiger partial charge on any atom is 0.250 e. The molecule has 0 radical (unpaired) electrons. The second kappa shape index (κ2) is 11.2. The van der Waals surface area contributed by atoms with Gasteiger partial charge in [-0.2, -0.15) is 0 Å². The number of nitrogens with one attached hydrogen (secondary N) is 1. The normalized spacial score (nSPS) is 10.7. The Labute approximate surface area is 216 Å². The van der Waals surface area contributed by atoms with Crippen molar-refractivity contribution in [1.82, 2.24) is 19.4 Å². The molecule has 35 heavy (non-hydrogen) atoms. The van der Waals surface area contributed by atoms with Crippen LogP contribution in [-0.2, 0) is 13.1 Å². The van der Waals surface area contributed by atoms with Crippen LogP contribution in [-0.4, -0.2) is 32.4 Å². The Hall–Kier alpha value is -3.58. The van der Waals surface area contributed by atoms with Crippen molar-refractivity contribution in [2.45, 2.75) is 13.1 Å². The van der Waals surface area contributed by atoms with E-state index in [4.69, 9.17) is 5.73 Å². The Kier molecular flexibility index (Phi) is 8.35. The minimum absolute atomic E-state index is 0. The topological polar surface area (TPSA) is 79.9 Å². The van der Waals surface area contributed by atoms with Crippen molar-refractivity contribution in [2.75, 3.05) is 7.05 Å². The molecular weight excluding hydrogens is 481 g/mol. The Bertz CT molecular complexity index is 1430. The first kappa shape index (κ1) is 26.0. The number of carbonyl (C=O) groups is 1. The predicted octanol–water partition coefficient (Wildman–Crippen LogP) is 5.60. The number of halogens is 2. The third-order valence-corrected chi connectivity index (χ3v) is 5.70. The summed E-state index contributed by atoms with van der Waals surface area (Å²) < 4.78 is 2.12. The summed E-state index contributed by atoms with van der Waals surface area (Å²) in [4.78, 5) is 22.0. The van der Waals surface area contributed by atoms with E-state index in [9.17, 15) is 4.79 Å². The van der Waals surface area contributed by atoms with Gasteiger partial charge in [0.15, 0.2) is 0 Å². The van der Waals surface area contributed by atoms with Gasteiger partial charge in [-0.05, 0) is 48.5 Å². The molecule has 5 rings (SSSR count). The first-order valence-electron chi connectivity index (χ1n) is 10.9. The molecule has 2 aromatic heterocycles. The lowest BCUT2D eigenvalue weighted by atomic mass is 10.2. The SMILES string of the molecule is CN(Cc1ccccc1)Cc1ccn(-c2cccc(-c3nc4c(C(N)=O)cccc4[nH]3)c2)c1.Cl.Cl. The summed E-state index contributed by atoms with van der Waals surface area (Å²) in [5.41, 5.74) is 11.8. The minimum atomic E-state index is -0.482. The van der Waals surface area contributed by atoms with Crippen LogP contribution in [0.25, 0.3) is 28.1 Å². The highest BCUT2D eigenvalue weighted by atomic mass is 35.5. The average molecular weight is 508 g/mol. The van der Waals surface area contributed by atoms with Crippen LogP contribution < -0.4 is 5.73 Å². The predicted molar refractivity (Wildman–Crippen MR) is 145 cm³/mol. The van der Waals surface area contributed by atoms with Crippen molar-refractivity contribution < 1.29 is 4.79 Å². The third kappa shape index (κ3) is 5.74. The number of nitrogens with zero attached hydrogens (tertiary/aromatic N) is 3. The lowest BCUT2D eigenvalue weighted by Gasteiger charge is -2.15. The van der Waals surface area contributed by atoms with Crippen molar-refractivity contribution in [3.8, 4) is 17.1 Å². The monoisotopic (exact) mass is 507 g/mol. The summed E-state index contributed by atoms with van der Waals surface area (Å²) >= 11 is 0. The second-order valence-electron chi connectivity index (χ2n) is 8.29. The number of nitrogens with two attached hydrogens (primary N) is 1. The Morgan fingerprint density at radius 3 is 2.46 bits per heavy atom. The lowest BCUT2D eigenvalue weighted by molar-refractivity contribution is 0.100. The Morgan fingerprint density at radius 1 is 0.943 bits per heavy atom. The highest BCUT2D eigenvalue weighted by Crippen LogP contribution is 2.25. The van der Waals surface area contributed by atoms with Gasteiger partial charge in [-0.25, -0.2) is 4.98 Å². The highest BCUT2D eigenvalue weighted by Gasteiger charge is 2.13. The van der Waals surface area contributed by atoms with Crippen LogP contribution in [0.3, 0.4) is 0 Å². The van der Waals surface area contributed by atoms with E-state index >= 15 is 0 Å². The van der Waals surface area contributed by atoms with E-state index in [1.165, 1.54) is 11.1 Å². The van der Waals surface area contributed by atoms with Gasteiger partial charge in [0.2, 0.25) is 0 Å². The van der Waals surface area contributed by atoms with Crippen LogP contribution in [0, 0.1) is 0 Å². The van der Waals surface area contributed by atoms with Gasteiger partial charge < -0.3 is 15.3 Å². The molecule has 0 aliphatic rings. The number of H-pyrrole nitrogens is 1. The summed E-state index contributed by atoms with van der Waals surface area (Å²) in [5.74, 6) is 0.222. The molecule has 3 N–H and O–H groups in total. The number of hydrogen-bond acceptors (Lipinski definition) is 3. The number of rotatable bonds is 7. The molecule has 1 amide bonds. The van der Waals surface area contributed by atoms with Crippen LogP contribution in [0.15, 0.2) is 91.3 Å². The number of aromatic amines is 1. The van der Waals surface area contributed by atoms with Gasteiger partial charge >= 0.3 is 0 Å². The van der Waals surface area contributed by atoms with Crippen molar-refractivity contribution in [3.05, 3.63) is 108 Å². The zero-order chi connectivity index (χ0) is 22.8. The molecule has 0 fully saturated rings. The largest absolute Gasteiger partial charge is 0.366 e. The average Bonchev–Trinajstić information content (AvgIpc) is 3.46. The molecule has 0 saturated heterocycles. The molecule has 0 aliphatic carbocycles. The van der Waals surface area contributed by atoms with Crippen LogP contribution in [0.5, 0.6) is 0 Å². The number of aromatic nitrogens is 3. The number of carbonyl (C=O) groups excluding carboxylic acids is 1. The molecule has 6 nitrogen and oxygen atoms in total. The molecule has 8 heteroatoms. The maximum atomic E-state index is 11.7. The molecule has 0 unspecified atom stereocenters. The molecular formula is C27H27Cl2N5O. The van der Waals surface area contributed by atoms with Gasteiger partial charge in [-0.3, -0.25) is 9.69 Å². The number of fused-ring (bicyclic) bond motifs is 1. The lowest BCUT2D eigenvalue weighted by Crippen LogP contribution is -2.16. The molecule has 0 bridgehead atoms. The smallest absolute Gasteiger partial charge is 0.250 e. The molecule has 0 aliphatic heterocycles. The van der Waals surface area contributed by atoms with Gasteiger partial charge in [0, 0.05) is 36.7 Å². The summed E-state index contributed by atoms with van der Waals surface area (Å²) in [6, 6.07) is 26.2. The van der Waals surface area contributed by atoms with Gasteiger partial charge in [-0.1, -0.05) is 48.5 Å². The zero-order valence-electron chi connectivity index (χ0n) is 19.2. The fraction of sp³-hybridized carbons (Fsp3) is 0.111. The quantitative estimate of drug-likeness (QED) is 0.301. The summed E-state index contributed by atoms with van der Waals surface area (Å²) in [6.07, 6.45) is 4.24. The number of benzene rings is 3. The van der Waals surface area contributed by atoms with E-state index in [0.29, 0.717) is 16.9 Å². The molecule has 0 spiro atoms. The number of para-hydroxylation sites is 1. The van der Waals surface area contributed by atoms with E-state index in [-0.39, 0.29) is 24.8 Å². The van der Waals surface area contributed by atoms with Gasteiger partial charge in [0.25, 0.3) is 5.91 Å². The van der Waals surface area contributed by atoms with E-state index in [1.807, 2.05) is 24.3 Å². The first-order valence-corrected chi connectivity index (χ1v) is 10.9. The maximum absolute atomic E-state index is 11.7. The Balaban J connectivity index is 0.00000171. The first-order chi connectivity index (χ1) is 16.1. The molecule has 3 aromatic carbocycles. The Morgan fingerprint density at radius 2 is 1.69 bits per heavy atom.